The topological polar surface area (TPSA) is 59.1 Å². The minimum atomic E-state index is 0.557. The van der Waals surface area contributed by atoms with Crippen molar-refractivity contribution in [3.05, 3.63) is 65.9 Å². The molecule has 3 aromatic rings. The largest absolute Gasteiger partial charge is 0.497 e. The molecule has 0 atom stereocenters. The molecule has 25 heavy (non-hydrogen) atoms. The lowest BCUT2D eigenvalue weighted by Gasteiger charge is -2.12. The van der Waals surface area contributed by atoms with E-state index in [1.165, 1.54) is 5.56 Å². The number of anilines is 4. The Labute approximate surface area is 148 Å². The third-order valence-corrected chi connectivity index (χ3v) is 3.86. The number of hydrogen-bond donors (Lipinski definition) is 2. The van der Waals surface area contributed by atoms with Crippen molar-refractivity contribution in [1.29, 1.82) is 0 Å². The van der Waals surface area contributed by atoms with Gasteiger partial charge in [0.05, 0.1) is 7.11 Å². The normalized spacial score (nSPS) is 10.4. The molecule has 0 spiro atoms. The summed E-state index contributed by atoms with van der Waals surface area (Å²) >= 11 is 0. The molecule has 5 nitrogen and oxygen atoms in total. The molecule has 128 valence electrons. The van der Waals surface area contributed by atoms with Crippen molar-refractivity contribution >= 4 is 23.1 Å². The number of nitrogens with one attached hydrogen (secondary N) is 2. The van der Waals surface area contributed by atoms with Gasteiger partial charge >= 0.3 is 0 Å². The summed E-state index contributed by atoms with van der Waals surface area (Å²) in [4.78, 5) is 9.04. The predicted molar refractivity (Wildman–Crippen MR) is 102 cm³/mol. The fourth-order valence-corrected chi connectivity index (χ4v) is 2.58. The van der Waals surface area contributed by atoms with Crippen LogP contribution in [0.1, 0.15) is 18.2 Å². The molecule has 0 bridgehead atoms. The Morgan fingerprint density at radius 1 is 0.960 bits per heavy atom. The quantitative estimate of drug-likeness (QED) is 0.675. The number of rotatable bonds is 6. The second kappa shape index (κ2) is 7.66. The highest BCUT2D eigenvalue weighted by molar-refractivity contribution is 5.63. The minimum absolute atomic E-state index is 0.557. The summed E-state index contributed by atoms with van der Waals surface area (Å²) in [7, 11) is 1.65. The summed E-state index contributed by atoms with van der Waals surface area (Å²) in [5.74, 6) is 2.14. The molecule has 0 fully saturated rings. The van der Waals surface area contributed by atoms with Crippen LogP contribution in [0, 0.1) is 6.92 Å². The molecule has 1 aromatic heterocycles. The molecule has 0 amide bonds. The molecule has 2 N–H and O–H groups in total. The second-order valence-corrected chi connectivity index (χ2v) is 5.71. The van der Waals surface area contributed by atoms with Crippen molar-refractivity contribution in [1.82, 2.24) is 9.97 Å². The van der Waals surface area contributed by atoms with Gasteiger partial charge in [-0.15, -0.1) is 0 Å². The number of aromatic nitrogens is 2. The van der Waals surface area contributed by atoms with E-state index in [0.717, 1.165) is 35.1 Å². The maximum atomic E-state index is 5.18. The van der Waals surface area contributed by atoms with Crippen molar-refractivity contribution in [3.8, 4) is 5.75 Å². The van der Waals surface area contributed by atoms with E-state index in [0.29, 0.717) is 5.95 Å². The van der Waals surface area contributed by atoms with E-state index in [2.05, 4.69) is 39.7 Å². The van der Waals surface area contributed by atoms with Crippen molar-refractivity contribution in [2.24, 2.45) is 0 Å². The number of nitrogens with zero attached hydrogens (tertiary/aromatic N) is 2. The molecule has 5 heteroatoms. The molecule has 0 aliphatic carbocycles. The molecule has 0 unspecified atom stereocenters. The van der Waals surface area contributed by atoms with Gasteiger partial charge in [-0.2, -0.15) is 4.98 Å². The molecule has 0 radical (unpaired) electrons. The number of para-hydroxylation sites is 1. The number of methoxy groups -OCH3 is 1. The third kappa shape index (κ3) is 4.26. The van der Waals surface area contributed by atoms with Crippen molar-refractivity contribution in [2.75, 3.05) is 17.7 Å². The minimum Gasteiger partial charge on any atom is -0.497 e. The van der Waals surface area contributed by atoms with Crippen LogP contribution >= 0.6 is 0 Å². The van der Waals surface area contributed by atoms with Crippen molar-refractivity contribution < 1.29 is 4.74 Å². The van der Waals surface area contributed by atoms with Gasteiger partial charge in [-0.05, 0) is 49.2 Å². The third-order valence-electron chi connectivity index (χ3n) is 3.86. The van der Waals surface area contributed by atoms with Crippen molar-refractivity contribution in [2.45, 2.75) is 20.3 Å². The Morgan fingerprint density at radius 2 is 1.72 bits per heavy atom. The Bertz CT molecular complexity index is 847. The Morgan fingerprint density at radius 3 is 2.44 bits per heavy atom. The Kier molecular flexibility index (Phi) is 5.14. The van der Waals surface area contributed by atoms with Crippen LogP contribution < -0.4 is 15.4 Å². The maximum absolute atomic E-state index is 5.18. The van der Waals surface area contributed by atoms with Gasteiger partial charge < -0.3 is 15.4 Å². The highest BCUT2D eigenvalue weighted by atomic mass is 16.5. The summed E-state index contributed by atoms with van der Waals surface area (Å²) in [6.45, 7) is 4.10. The van der Waals surface area contributed by atoms with Crippen LogP contribution in [-0.2, 0) is 6.42 Å². The van der Waals surface area contributed by atoms with E-state index < -0.39 is 0 Å². The van der Waals surface area contributed by atoms with E-state index in [9.17, 15) is 0 Å². The molecule has 0 saturated carbocycles. The van der Waals surface area contributed by atoms with Gasteiger partial charge in [0.1, 0.15) is 11.6 Å². The monoisotopic (exact) mass is 334 g/mol. The first-order chi connectivity index (χ1) is 12.2. The summed E-state index contributed by atoms with van der Waals surface area (Å²) in [5, 5.41) is 6.63. The zero-order valence-corrected chi connectivity index (χ0v) is 14.7. The predicted octanol–water partition coefficient (Wildman–Crippen LogP) is 4.84. The Balaban J connectivity index is 1.82. The SMILES string of the molecule is CCc1ccccc1Nc1cc(C)nc(Nc2ccc(OC)cc2)n1. The lowest BCUT2D eigenvalue weighted by Crippen LogP contribution is -2.03. The molecular weight excluding hydrogens is 312 g/mol. The van der Waals surface area contributed by atoms with Crippen LogP contribution in [0.2, 0.25) is 0 Å². The standard InChI is InChI=1S/C20H22N4O/c1-4-15-7-5-6-8-18(15)23-19-13-14(2)21-20(24-19)22-16-9-11-17(25-3)12-10-16/h5-13H,4H2,1-3H3,(H2,21,22,23,24). The number of aryl methyl sites for hydroxylation is 2. The zero-order valence-electron chi connectivity index (χ0n) is 14.7. The summed E-state index contributed by atoms with van der Waals surface area (Å²) in [6.07, 6.45) is 0.962. The molecule has 1 heterocycles. The van der Waals surface area contributed by atoms with Crippen LogP contribution in [0.25, 0.3) is 0 Å². The van der Waals surface area contributed by atoms with Crippen molar-refractivity contribution in [3.63, 3.8) is 0 Å². The molecule has 0 saturated heterocycles. The summed E-state index contributed by atoms with van der Waals surface area (Å²) in [5.41, 5.74) is 4.12. The van der Waals surface area contributed by atoms with E-state index in [-0.39, 0.29) is 0 Å². The van der Waals surface area contributed by atoms with Gasteiger partial charge in [0, 0.05) is 23.1 Å². The molecule has 3 rings (SSSR count). The molecular formula is C20H22N4O. The maximum Gasteiger partial charge on any atom is 0.229 e. The van der Waals surface area contributed by atoms with Gasteiger partial charge in [0.2, 0.25) is 5.95 Å². The van der Waals surface area contributed by atoms with E-state index in [4.69, 9.17) is 4.74 Å². The number of benzene rings is 2. The van der Waals surface area contributed by atoms with E-state index in [1.807, 2.05) is 49.4 Å². The first-order valence-electron chi connectivity index (χ1n) is 8.29. The lowest BCUT2D eigenvalue weighted by molar-refractivity contribution is 0.415. The second-order valence-electron chi connectivity index (χ2n) is 5.71. The van der Waals surface area contributed by atoms with Gasteiger partial charge in [-0.25, -0.2) is 4.98 Å². The van der Waals surface area contributed by atoms with Gasteiger partial charge in [-0.1, -0.05) is 25.1 Å². The Hall–Kier alpha value is -3.08. The summed E-state index contributed by atoms with van der Waals surface area (Å²) in [6, 6.07) is 17.8. The van der Waals surface area contributed by atoms with Crippen LogP contribution in [0.3, 0.4) is 0 Å². The molecule has 2 aromatic carbocycles. The number of hydrogen-bond acceptors (Lipinski definition) is 5. The van der Waals surface area contributed by atoms with Crippen LogP contribution in [0.5, 0.6) is 5.75 Å². The van der Waals surface area contributed by atoms with E-state index in [1.54, 1.807) is 7.11 Å². The highest BCUT2D eigenvalue weighted by Crippen LogP contribution is 2.23. The van der Waals surface area contributed by atoms with Gasteiger partial charge in [0.25, 0.3) is 0 Å². The van der Waals surface area contributed by atoms with Gasteiger partial charge in [0.15, 0.2) is 0 Å². The molecule has 0 aliphatic rings. The van der Waals surface area contributed by atoms with E-state index >= 15 is 0 Å². The first-order valence-corrected chi connectivity index (χ1v) is 8.29. The van der Waals surface area contributed by atoms with Gasteiger partial charge in [-0.3, -0.25) is 0 Å². The van der Waals surface area contributed by atoms with Crippen LogP contribution in [0.4, 0.5) is 23.1 Å². The molecule has 0 aliphatic heterocycles. The fraction of sp³-hybridized carbons (Fsp3) is 0.200. The lowest BCUT2D eigenvalue weighted by atomic mass is 10.1. The summed E-state index contributed by atoms with van der Waals surface area (Å²) < 4.78 is 5.18. The zero-order chi connectivity index (χ0) is 17.6. The highest BCUT2D eigenvalue weighted by Gasteiger charge is 2.06. The average molecular weight is 334 g/mol. The number of ether oxygens (including phenoxy) is 1. The van der Waals surface area contributed by atoms with Crippen LogP contribution in [-0.4, -0.2) is 17.1 Å². The smallest absolute Gasteiger partial charge is 0.229 e. The fourth-order valence-electron chi connectivity index (χ4n) is 2.58. The average Bonchev–Trinajstić information content (AvgIpc) is 2.62. The first kappa shape index (κ1) is 16.8. The van der Waals surface area contributed by atoms with Crippen LogP contribution in [0.15, 0.2) is 54.6 Å².